The van der Waals surface area contributed by atoms with E-state index in [4.69, 9.17) is 20.3 Å². The molecule has 0 amide bonds. The molecule has 1 aliphatic rings. The molecular formula is C13H16N4O6. The number of fused-ring (bicyclic) bond motifs is 1. The first-order chi connectivity index (χ1) is 10.9. The Morgan fingerprint density at radius 1 is 1.57 bits per heavy atom. The van der Waals surface area contributed by atoms with E-state index in [1.807, 2.05) is 0 Å². The predicted octanol–water partition coefficient (Wildman–Crippen LogP) is -0.442. The molecule has 124 valence electrons. The number of aliphatic hydroxyl groups is 2. The lowest BCUT2D eigenvalue weighted by molar-refractivity contribution is -0.107. The van der Waals surface area contributed by atoms with E-state index in [-0.39, 0.29) is 5.82 Å². The van der Waals surface area contributed by atoms with Crippen molar-refractivity contribution in [2.45, 2.75) is 30.8 Å². The fourth-order valence-corrected chi connectivity index (χ4v) is 2.80. The van der Waals surface area contributed by atoms with Gasteiger partial charge in [0.25, 0.3) is 0 Å². The molecule has 0 aromatic carbocycles. The summed E-state index contributed by atoms with van der Waals surface area (Å²) in [6.07, 6.45) is -3.83. The summed E-state index contributed by atoms with van der Waals surface area (Å²) < 4.78 is 11.9. The number of carboxylic acid groups (broad SMARTS) is 1. The van der Waals surface area contributed by atoms with Crippen LogP contribution in [0.5, 0.6) is 0 Å². The molecular weight excluding hydrogens is 308 g/mol. The molecule has 0 bridgehead atoms. The Hall–Kier alpha value is -2.43. The van der Waals surface area contributed by atoms with E-state index in [0.29, 0.717) is 11.2 Å². The maximum Gasteiger partial charge on any atom is 0.506 e. The average molecular weight is 324 g/mol. The first kappa shape index (κ1) is 15.5. The molecule has 0 spiro atoms. The molecule has 0 aliphatic carbocycles. The largest absolute Gasteiger partial charge is 0.506 e. The molecule has 2 aromatic heterocycles. The molecule has 10 heteroatoms. The minimum atomic E-state index is -1.57. The Bertz CT molecular complexity index is 749. The van der Waals surface area contributed by atoms with E-state index in [1.165, 1.54) is 17.8 Å². The van der Waals surface area contributed by atoms with E-state index in [1.54, 1.807) is 12.1 Å². The lowest BCUT2D eigenvalue weighted by Gasteiger charge is -2.27. The number of aliphatic hydroxyl groups excluding tert-OH is 2. The number of anilines is 1. The highest BCUT2D eigenvalue weighted by Gasteiger charge is 2.55. The molecule has 1 aliphatic heterocycles. The average Bonchev–Trinajstić information content (AvgIpc) is 3.03. The summed E-state index contributed by atoms with van der Waals surface area (Å²) in [5.41, 5.74) is 5.34. The molecule has 3 rings (SSSR count). The fourth-order valence-electron chi connectivity index (χ4n) is 2.80. The fraction of sp³-hybridized carbons (Fsp3) is 0.462. The van der Waals surface area contributed by atoms with Gasteiger partial charge in [-0.1, -0.05) is 0 Å². The number of carbonyl (C=O) groups is 1. The van der Waals surface area contributed by atoms with Gasteiger partial charge < -0.3 is 30.5 Å². The monoisotopic (exact) mass is 324 g/mol. The van der Waals surface area contributed by atoms with Crippen molar-refractivity contribution in [2.75, 3.05) is 12.3 Å². The quantitative estimate of drug-likeness (QED) is 0.550. The Morgan fingerprint density at radius 2 is 2.30 bits per heavy atom. The Kier molecular flexibility index (Phi) is 3.59. The molecule has 0 saturated carbocycles. The van der Waals surface area contributed by atoms with Crippen LogP contribution in [0.4, 0.5) is 10.6 Å². The second kappa shape index (κ2) is 5.33. The van der Waals surface area contributed by atoms with E-state index in [0.717, 1.165) is 0 Å². The molecule has 0 radical (unpaired) electrons. The zero-order chi connectivity index (χ0) is 16.8. The number of ether oxygens (including phenoxy) is 2. The van der Waals surface area contributed by atoms with Crippen molar-refractivity contribution in [3.05, 3.63) is 24.2 Å². The van der Waals surface area contributed by atoms with Crippen LogP contribution in [-0.4, -0.2) is 60.5 Å². The van der Waals surface area contributed by atoms with Crippen molar-refractivity contribution in [3.63, 3.8) is 0 Å². The molecule has 1 fully saturated rings. The van der Waals surface area contributed by atoms with Crippen LogP contribution < -0.4 is 5.73 Å². The van der Waals surface area contributed by atoms with Gasteiger partial charge in [-0.05, 0) is 19.1 Å². The predicted molar refractivity (Wildman–Crippen MR) is 75.6 cm³/mol. The van der Waals surface area contributed by atoms with Crippen molar-refractivity contribution in [1.29, 1.82) is 0 Å². The summed E-state index contributed by atoms with van der Waals surface area (Å²) in [6.45, 7) is 0.932. The van der Waals surface area contributed by atoms with E-state index in [9.17, 15) is 15.0 Å². The van der Waals surface area contributed by atoms with Gasteiger partial charge in [0.2, 0.25) is 0 Å². The van der Waals surface area contributed by atoms with Crippen molar-refractivity contribution in [2.24, 2.45) is 0 Å². The van der Waals surface area contributed by atoms with Gasteiger partial charge in [0.1, 0.15) is 29.7 Å². The summed E-state index contributed by atoms with van der Waals surface area (Å²) >= 11 is 0. The second-order valence-electron chi connectivity index (χ2n) is 5.50. The number of hydrogen-bond donors (Lipinski definition) is 4. The zero-order valence-electron chi connectivity index (χ0n) is 12.2. The van der Waals surface area contributed by atoms with Crippen LogP contribution in [0.2, 0.25) is 0 Å². The molecule has 4 atom stereocenters. The third-order valence-electron chi connectivity index (χ3n) is 3.96. The van der Waals surface area contributed by atoms with Crippen LogP contribution in [0, 0.1) is 0 Å². The zero-order valence-corrected chi connectivity index (χ0v) is 12.2. The van der Waals surface area contributed by atoms with Crippen LogP contribution in [0.3, 0.4) is 0 Å². The maximum absolute atomic E-state index is 10.8. The summed E-state index contributed by atoms with van der Waals surface area (Å²) in [5.74, 6) is 0.252. The highest BCUT2D eigenvalue weighted by atomic mass is 16.7. The normalized spacial score (nSPS) is 30.7. The smallest absolute Gasteiger partial charge is 0.450 e. The first-order valence-corrected chi connectivity index (χ1v) is 6.82. The summed E-state index contributed by atoms with van der Waals surface area (Å²) in [5, 5.41) is 32.9. The molecule has 2 aromatic rings. The van der Waals surface area contributed by atoms with Crippen LogP contribution >= 0.6 is 0 Å². The van der Waals surface area contributed by atoms with Crippen molar-refractivity contribution < 1.29 is 29.6 Å². The van der Waals surface area contributed by atoms with Crippen LogP contribution in [-0.2, 0) is 9.47 Å². The Labute approximate surface area is 130 Å². The summed E-state index contributed by atoms with van der Waals surface area (Å²) in [6, 6.07) is 3.29. The van der Waals surface area contributed by atoms with Crippen LogP contribution in [0.15, 0.2) is 18.5 Å². The number of hydrogen-bond acceptors (Lipinski definition) is 8. The summed E-state index contributed by atoms with van der Waals surface area (Å²) in [7, 11) is 0. The van der Waals surface area contributed by atoms with E-state index >= 15 is 0 Å². The third kappa shape index (κ3) is 2.36. The van der Waals surface area contributed by atoms with Gasteiger partial charge in [-0.3, -0.25) is 0 Å². The molecule has 0 unspecified atom stereocenters. The van der Waals surface area contributed by atoms with Gasteiger partial charge in [0, 0.05) is 0 Å². The number of rotatable bonds is 3. The third-order valence-corrected chi connectivity index (χ3v) is 3.96. The highest BCUT2D eigenvalue weighted by molar-refractivity contribution is 5.65. The Morgan fingerprint density at radius 3 is 2.96 bits per heavy atom. The molecule has 23 heavy (non-hydrogen) atoms. The van der Waals surface area contributed by atoms with Crippen molar-refractivity contribution in [3.8, 4) is 0 Å². The van der Waals surface area contributed by atoms with Gasteiger partial charge in [-0.15, -0.1) is 0 Å². The lowest BCUT2D eigenvalue weighted by atomic mass is 9.96. The van der Waals surface area contributed by atoms with Gasteiger partial charge in [0.15, 0.2) is 11.9 Å². The number of nitrogens with two attached hydrogens (primary N) is 1. The van der Waals surface area contributed by atoms with Gasteiger partial charge in [-0.2, -0.15) is 5.10 Å². The molecule has 3 heterocycles. The van der Waals surface area contributed by atoms with Gasteiger partial charge in [-0.25, -0.2) is 14.3 Å². The number of aromatic nitrogens is 3. The first-order valence-electron chi connectivity index (χ1n) is 6.82. The van der Waals surface area contributed by atoms with E-state index < -0.39 is 36.7 Å². The maximum atomic E-state index is 10.8. The number of nitrogen functional groups attached to an aromatic ring is 1. The van der Waals surface area contributed by atoms with Crippen molar-refractivity contribution >= 4 is 17.5 Å². The minimum absolute atomic E-state index is 0.252. The second-order valence-corrected chi connectivity index (χ2v) is 5.50. The Balaban J connectivity index is 2.02. The highest BCUT2D eigenvalue weighted by Crippen LogP contribution is 2.41. The molecule has 5 N–H and O–H groups in total. The molecule has 10 nitrogen and oxygen atoms in total. The van der Waals surface area contributed by atoms with Crippen LogP contribution in [0.1, 0.15) is 18.7 Å². The minimum Gasteiger partial charge on any atom is -0.450 e. The SMILES string of the molecule is C[C@]1(CO)O[C@@H](c2ccc3c(N)ncnn23)[C@H](O)[C@@H]1OC(=O)O. The standard InChI is InChI=1S/C13H16N4O6/c1-13(4-18)10(22-12(20)21)8(19)9(23-13)6-2-3-7-11(14)15-5-16-17(6)7/h2-3,5,8-10,18-19H,4H2,1H3,(H,20,21)(H2,14,15,16)/t8-,9-,10-,13+/m0/s1. The van der Waals surface area contributed by atoms with Crippen LogP contribution in [0.25, 0.3) is 5.52 Å². The van der Waals surface area contributed by atoms with E-state index in [2.05, 4.69) is 10.1 Å². The summed E-state index contributed by atoms with van der Waals surface area (Å²) in [4.78, 5) is 14.7. The lowest BCUT2D eigenvalue weighted by Crippen LogP contribution is -2.46. The number of nitrogens with zero attached hydrogens (tertiary/aromatic N) is 3. The molecule has 1 saturated heterocycles. The van der Waals surface area contributed by atoms with Gasteiger partial charge in [0.05, 0.1) is 12.3 Å². The topological polar surface area (TPSA) is 152 Å². The van der Waals surface area contributed by atoms with Gasteiger partial charge >= 0.3 is 6.16 Å². The van der Waals surface area contributed by atoms with Crippen molar-refractivity contribution in [1.82, 2.24) is 14.6 Å².